The van der Waals surface area contributed by atoms with Gasteiger partial charge in [0.25, 0.3) is 0 Å². The minimum absolute atomic E-state index is 0.113. The summed E-state index contributed by atoms with van der Waals surface area (Å²) in [5.74, 6) is 2.04. The van der Waals surface area contributed by atoms with Crippen LogP contribution in [0.4, 0.5) is 0 Å². The van der Waals surface area contributed by atoms with Crippen LogP contribution in [-0.4, -0.2) is 35.7 Å². The molecular weight excluding hydrogens is 252 g/mol. The quantitative estimate of drug-likeness (QED) is 0.920. The largest absolute Gasteiger partial charge is 0.463 e. The van der Waals surface area contributed by atoms with E-state index in [0.29, 0.717) is 12.2 Å². The van der Waals surface area contributed by atoms with Crippen molar-refractivity contribution in [3.05, 3.63) is 23.7 Å². The second kappa shape index (κ2) is 6.29. The van der Waals surface area contributed by atoms with E-state index in [9.17, 15) is 0 Å². The van der Waals surface area contributed by atoms with Crippen molar-refractivity contribution < 1.29 is 9.15 Å². The molecule has 1 saturated heterocycles. The van der Waals surface area contributed by atoms with Gasteiger partial charge in [-0.25, -0.2) is 0 Å². The van der Waals surface area contributed by atoms with Crippen LogP contribution < -0.4 is 5.32 Å². The molecule has 0 spiro atoms. The van der Waals surface area contributed by atoms with Gasteiger partial charge in [0, 0.05) is 18.6 Å². The molecule has 0 unspecified atom stereocenters. The summed E-state index contributed by atoms with van der Waals surface area (Å²) < 4.78 is 11.7. The number of hydrogen-bond donors (Lipinski definition) is 1. The SMILES string of the molecule is C[C@@H]1CN(Cc2ccc(CNC(C)(C)C)o2)C[C@H](C)O1. The van der Waals surface area contributed by atoms with Crippen molar-refractivity contribution in [1.29, 1.82) is 0 Å². The molecule has 2 rings (SSSR count). The number of ether oxygens (including phenoxy) is 1. The van der Waals surface area contributed by atoms with Crippen molar-refractivity contribution in [2.45, 2.75) is 65.5 Å². The summed E-state index contributed by atoms with van der Waals surface area (Å²) in [6, 6.07) is 4.16. The van der Waals surface area contributed by atoms with Gasteiger partial charge in [0.1, 0.15) is 11.5 Å². The Morgan fingerprint density at radius 1 is 1.15 bits per heavy atom. The normalized spacial score (nSPS) is 25.1. The summed E-state index contributed by atoms with van der Waals surface area (Å²) in [4.78, 5) is 2.40. The smallest absolute Gasteiger partial charge is 0.118 e. The average molecular weight is 280 g/mol. The van der Waals surface area contributed by atoms with E-state index in [4.69, 9.17) is 9.15 Å². The Kier molecular flexibility index (Phi) is 4.89. The number of furan rings is 1. The van der Waals surface area contributed by atoms with Crippen LogP contribution in [0, 0.1) is 0 Å². The van der Waals surface area contributed by atoms with Gasteiger partial charge in [-0.15, -0.1) is 0 Å². The molecule has 0 aromatic carbocycles. The second-order valence-corrected chi connectivity index (χ2v) is 6.92. The van der Waals surface area contributed by atoms with E-state index in [-0.39, 0.29) is 5.54 Å². The first kappa shape index (κ1) is 15.5. The predicted octanol–water partition coefficient (Wildman–Crippen LogP) is 2.78. The van der Waals surface area contributed by atoms with Crippen LogP contribution in [-0.2, 0) is 17.8 Å². The van der Waals surface area contributed by atoms with Crippen molar-refractivity contribution in [3.8, 4) is 0 Å². The lowest BCUT2D eigenvalue weighted by atomic mass is 10.1. The van der Waals surface area contributed by atoms with Crippen molar-refractivity contribution in [2.75, 3.05) is 13.1 Å². The van der Waals surface area contributed by atoms with E-state index in [2.05, 4.69) is 57.0 Å². The standard InChI is InChI=1S/C16H28N2O2/c1-12-9-18(10-13(2)19-12)11-15-7-6-14(20-15)8-17-16(3,4)5/h6-7,12-13,17H,8-11H2,1-5H3/t12-,13+. The van der Waals surface area contributed by atoms with E-state index in [1.165, 1.54) is 0 Å². The van der Waals surface area contributed by atoms with Gasteiger partial charge in [0.15, 0.2) is 0 Å². The molecule has 0 radical (unpaired) electrons. The topological polar surface area (TPSA) is 37.6 Å². The van der Waals surface area contributed by atoms with Crippen molar-refractivity contribution >= 4 is 0 Å². The molecule has 1 N–H and O–H groups in total. The maximum Gasteiger partial charge on any atom is 0.118 e. The van der Waals surface area contributed by atoms with Gasteiger partial charge in [-0.1, -0.05) is 0 Å². The lowest BCUT2D eigenvalue weighted by molar-refractivity contribution is -0.0718. The molecule has 0 aliphatic carbocycles. The third-order valence-electron chi connectivity index (χ3n) is 3.38. The highest BCUT2D eigenvalue weighted by Gasteiger charge is 2.22. The molecule has 0 saturated carbocycles. The molecule has 114 valence electrons. The molecule has 2 heterocycles. The monoisotopic (exact) mass is 280 g/mol. The summed E-state index contributed by atoms with van der Waals surface area (Å²) in [5, 5.41) is 3.44. The number of nitrogens with one attached hydrogen (secondary N) is 1. The fourth-order valence-corrected chi connectivity index (χ4v) is 2.59. The second-order valence-electron chi connectivity index (χ2n) is 6.92. The fraction of sp³-hybridized carbons (Fsp3) is 0.750. The van der Waals surface area contributed by atoms with Crippen molar-refractivity contribution in [1.82, 2.24) is 10.2 Å². The molecule has 0 amide bonds. The maximum atomic E-state index is 5.91. The maximum absolute atomic E-state index is 5.91. The Labute approximate surface area is 122 Å². The molecule has 1 fully saturated rings. The molecule has 0 bridgehead atoms. The van der Waals surface area contributed by atoms with Crippen LogP contribution in [0.2, 0.25) is 0 Å². The molecule has 20 heavy (non-hydrogen) atoms. The molecule has 1 aromatic heterocycles. The molecular formula is C16H28N2O2. The highest BCUT2D eigenvalue weighted by atomic mass is 16.5. The van der Waals surface area contributed by atoms with Crippen molar-refractivity contribution in [3.63, 3.8) is 0 Å². The van der Waals surface area contributed by atoms with E-state index >= 15 is 0 Å². The minimum atomic E-state index is 0.113. The number of morpholine rings is 1. The van der Waals surface area contributed by atoms with Gasteiger partial charge in [-0.2, -0.15) is 0 Å². The Morgan fingerprint density at radius 3 is 2.35 bits per heavy atom. The molecule has 2 atom stereocenters. The van der Waals surface area contributed by atoms with Gasteiger partial charge in [0.2, 0.25) is 0 Å². The average Bonchev–Trinajstić information content (AvgIpc) is 2.72. The Bertz CT molecular complexity index is 412. The molecule has 1 aromatic rings. The zero-order chi connectivity index (χ0) is 14.8. The first-order valence-electron chi connectivity index (χ1n) is 7.52. The molecule has 4 heteroatoms. The van der Waals surface area contributed by atoms with E-state index < -0.39 is 0 Å². The first-order chi connectivity index (χ1) is 9.32. The Hall–Kier alpha value is -0.840. The molecule has 4 nitrogen and oxygen atoms in total. The van der Waals surface area contributed by atoms with Crippen molar-refractivity contribution in [2.24, 2.45) is 0 Å². The van der Waals surface area contributed by atoms with Gasteiger partial charge >= 0.3 is 0 Å². The summed E-state index contributed by atoms with van der Waals surface area (Å²) in [6.45, 7) is 14.3. The van der Waals surface area contributed by atoms with Crippen LogP contribution in [0.1, 0.15) is 46.1 Å². The van der Waals surface area contributed by atoms with E-state index in [1.807, 2.05) is 0 Å². The van der Waals surface area contributed by atoms with E-state index in [0.717, 1.165) is 37.7 Å². The third kappa shape index (κ3) is 4.93. The summed E-state index contributed by atoms with van der Waals surface area (Å²) >= 11 is 0. The summed E-state index contributed by atoms with van der Waals surface area (Å²) in [5.41, 5.74) is 0.113. The lowest BCUT2D eigenvalue weighted by Crippen LogP contribution is -2.44. The fourth-order valence-electron chi connectivity index (χ4n) is 2.59. The first-order valence-corrected chi connectivity index (χ1v) is 7.52. The van der Waals surface area contributed by atoms with Crippen LogP contribution >= 0.6 is 0 Å². The van der Waals surface area contributed by atoms with E-state index in [1.54, 1.807) is 0 Å². The summed E-state index contributed by atoms with van der Waals surface area (Å²) in [6.07, 6.45) is 0.603. The lowest BCUT2D eigenvalue weighted by Gasteiger charge is -2.34. The molecule has 1 aliphatic rings. The van der Waals surface area contributed by atoms with Gasteiger partial charge in [-0.3, -0.25) is 4.90 Å². The highest BCUT2D eigenvalue weighted by molar-refractivity contribution is 5.07. The van der Waals surface area contributed by atoms with Crippen LogP contribution in [0.3, 0.4) is 0 Å². The zero-order valence-corrected chi connectivity index (χ0v) is 13.4. The molecule has 1 aliphatic heterocycles. The van der Waals surface area contributed by atoms with Crippen LogP contribution in [0.5, 0.6) is 0 Å². The van der Waals surface area contributed by atoms with Gasteiger partial charge in [0.05, 0.1) is 25.3 Å². The zero-order valence-electron chi connectivity index (χ0n) is 13.4. The predicted molar refractivity (Wildman–Crippen MR) is 80.6 cm³/mol. The van der Waals surface area contributed by atoms with Crippen LogP contribution in [0.15, 0.2) is 16.5 Å². The highest BCUT2D eigenvalue weighted by Crippen LogP contribution is 2.16. The number of nitrogens with zero attached hydrogens (tertiary/aromatic N) is 1. The van der Waals surface area contributed by atoms with Crippen LogP contribution in [0.25, 0.3) is 0 Å². The minimum Gasteiger partial charge on any atom is -0.463 e. The summed E-state index contributed by atoms with van der Waals surface area (Å²) in [7, 11) is 0. The van der Waals surface area contributed by atoms with Gasteiger partial charge in [-0.05, 0) is 46.8 Å². The van der Waals surface area contributed by atoms with Gasteiger partial charge < -0.3 is 14.5 Å². The Balaban J connectivity index is 1.86. The number of hydrogen-bond acceptors (Lipinski definition) is 4. The number of rotatable bonds is 4. The third-order valence-corrected chi connectivity index (χ3v) is 3.38. The Morgan fingerprint density at radius 2 is 1.75 bits per heavy atom.